The van der Waals surface area contributed by atoms with Crippen LogP contribution >= 0.6 is 0 Å². The fourth-order valence-corrected chi connectivity index (χ4v) is 4.25. The molecule has 5 N–H and O–H groups in total. The molecule has 0 bridgehead atoms. The number of aryl methyl sites for hydroxylation is 1. The quantitative estimate of drug-likeness (QED) is 0.479. The van der Waals surface area contributed by atoms with E-state index in [0.717, 1.165) is 5.56 Å². The fourth-order valence-electron chi connectivity index (χ4n) is 2.99. The molecule has 0 aliphatic rings. The highest BCUT2D eigenvalue weighted by atomic mass is 32.2. The summed E-state index contributed by atoms with van der Waals surface area (Å²) in [6.45, 7) is 1.82. The minimum Gasteiger partial charge on any atom is -0.478 e. The van der Waals surface area contributed by atoms with E-state index in [4.69, 9.17) is 5.73 Å². The van der Waals surface area contributed by atoms with E-state index in [1.54, 1.807) is 12.1 Å². The van der Waals surface area contributed by atoms with Crippen LogP contribution < -0.4 is 11.3 Å². The zero-order valence-electron chi connectivity index (χ0n) is 15.5. The highest BCUT2D eigenvalue weighted by molar-refractivity contribution is 7.91. The number of rotatable bonds is 5. The third-order valence-corrected chi connectivity index (χ3v) is 6.24. The van der Waals surface area contributed by atoms with E-state index in [2.05, 4.69) is 0 Å². The molecule has 0 atom stereocenters. The topological polar surface area (TPSA) is 168 Å². The summed E-state index contributed by atoms with van der Waals surface area (Å²) in [5.41, 5.74) is 3.61. The summed E-state index contributed by atoms with van der Waals surface area (Å²) in [6.07, 6.45) is 0. The van der Waals surface area contributed by atoms with Gasteiger partial charge in [-0.3, -0.25) is 4.79 Å². The van der Waals surface area contributed by atoms with Crippen LogP contribution in [0, 0.1) is 6.92 Å². The molecule has 0 unspecified atom stereocenters. The first kappa shape index (κ1) is 20.8. The summed E-state index contributed by atoms with van der Waals surface area (Å²) in [5.74, 6) is -3.70. The van der Waals surface area contributed by atoms with Crippen molar-refractivity contribution in [1.82, 2.24) is 4.98 Å². The number of anilines is 1. The van der Waals surface area contributed by atoms with E-state index < -0.39 is 49.8 Å². The van der Waals surface area contributed by atoms with Crippen LogP contribution in [0.3, 0.4) is 0 Å². The maximum atomic E-state index is 12.8. The summed E-state index contributed by atoms with van der Waals surface area (Å²) in [6, 6.07) is 11.1. The van der Waals surface area contributed by atoms with Crippen molar-refractivity contribution >= 4 is 27.6 Å². The Labute approximate surface area is 170 Å². The Balaban J connectivity index is 2.20. The summed E-state index contributed by atoms with van der Waals surface area (Å²) in [5, 5.41) is 18.9. The molecule has 1 aromatic heterocycles. The molecule has 0 saturated heterocycles. The number of aromatic carboxylic acids is 2. The molecule has 1 heterocycles. The molecule has 0 amide bonds. The van der Waals surface area contributed by atoms with Crippen molar-refractivity contribution in [1.29, 1.82) is 0 Å². The van der Waals surface area contributed by atoms with E-state index in [1.807, 2.05) is 11.9 Å². The van der Waals surface area contributed by atoms with Crippen molar-refractivity contribution < 1.29 is 28.2 Å². The highest BCUT2D eigenvalue weighted by Crippen LogP contribution is 2.31. The Morgan fingerprint density at radius 1 is 0.867 bits per heavy atom. The molecule has 2 aromatic carbocycles. The minimum atomic E-state index is -3.85. The van der Waals surface area contributed by atoms with E-state index in [-0.39, 0.29) is 15.4 Å². The van der Waals surface area contributed by atoms with Crippen LogP contribution in [-0.4, -0.2) is 35.6 Å². The summed E-state index contributed by atoms with van der Waals surface area (Å²) in [7, 11) is -3.85. The predicted molar refractivity (Wildman–Crippen MR) is 107 cm³/mol. The van der Waals surface area contributed by atoms with Gasteiger partial charge in [-0.2, -0.15) is 0 Å². The lowest BCUT2D eigenvalue weighted by Gasteiger charge is -2.13. The van der Waals surface area contributed by atoms with Gasteiger partial charge in [0.05, 0.1) is 9.79 Å². The van der Waals surface area contributed by atoms with Gasteiger partial charge in [0, 0.05) is 5.56 Å². The third kappa shape index (κ3) is 3.55. The molecule has 3 rings (SSSR count). The molecule has 0 aliphatic heterocycles. The molecular weight excluding hydrogens is 412 g/mol. The van der Waals surface area contributed by atoms with Gasteiger partial charge in [-0.25, -0.2) is 18.0 Å². The van der Waals surface area contributed by atoms with Gasteiger partial charge in [0.2, 0.25) is 9.84 Å². The standard InChI is InChI=1S/C20H16N2O7S/c1-10-2-6-12(7-3-10)30(28,29)13-8-4-11(5-9-13)14-15(19(24)25)17(21)22-18(23)16(14)20(26)27/h2-9H,1H3,(H,24,25)(H,26,27)(H3,21,22,23). The predicted octanol–water partition coefficient (Wildman–Crippen LogP) is 2.16. The number of nitrogen functional groups attached to an aromatic ring is 1. The van der Waals surface area contributed by atoms with Gasteiger partial charge >= 0.3 is 11.9 Å². The Morgan fingerprint density at radius 2 is 1.33 bits per heavy atom. The van der Waals surface area contributed by atoms with Crippen LogP contribution in [0.2, 0.25) is 0 Å². The molecule has 0 aliphatic carbocycles. The van der Waals surface area contributed by atoms with E-state index in [9.17, 15) is 33.0 Å². The lowest BCUT2D eigenvalue weighted by Crippen LogP contribution is -2.24. The number of hydrogen-bond donors (Lipinski definition) is 4. The zero-order chi connectivity index (χ0) is 22.2. The lowest BCUT2D eigenvalue weighted by atomic mass is 9.95. The Kier molecular flexibility index (Phi) is 5.19. The van der Waals surface area contributed by atoms with Gasteiger partial charge in [0.1, 0.15) is 16.9 Å². The maximum Gasteiger partial charge on any atom is 0.342 e. The molecule has 3 aromatic rings. The first-order valence-electron chi connectivity index (χ1n) is 8.48. The van der Waals surface area contributed by atoms with Crippen LogP contribution in [0.15, 0.2) is 63.1 Å². The SMILES string of the molecule is Cc1ccc(S(=O)(=O)c2ccc(-c3c(C(=O)O)c(N)[nH]c(=O)c3C(=O)O)cc2)cc1. The number of carboxylic acids is 2. The first-order chi connectivity index (χ1) is 14.0. The lowest BCUT2D eigenvalue weighted by molar-refractivity contribution is 0.0695. The smallest absolute Gasteiger partial charge is 0.342 e. The number of hydrogen-bond acceptors (Lipinski definition) is 6. The van der Waals surface area contributed by atoms with Crippen LogP contribution in [-0.2, 0) is 9.84 Å². The van der Waals surface area contributed by atoms with Crippen LogP contribution in [0.1, 0.15) is 26.3 Å². The average molecular weight is 428 g/mol. The Hall–Kier alpha value is -3.92. The van der Waals surface area contributed by atoms with Crippen molar-refractivity contribution in [2.24, 2.45) is 0 Å². The van der Waals surface area contributed by atoms with Crippen molar-refractivity contribution in [3.8, 4) is 11.1 Å². The molecule has 0 radical (unpaired) electrons. The number of H-pyrrole nitrogens is 1. The van der Waals surface area contributed by atoms with Crippen molar-refractivity contribution in [3.05, 3.63) is 75.6 Å². The highest BCUT2D eigenvalue weighted by Gasteiger charge is 2.27. The molecule has 30 heavy (non-hydrogen) atoms. The molecule has 0 saturated carbocycles. The van der Waals surface area contributed by atoms with E-state index in [0.29, 0.717) is 0 Å². The van der Waals surface area contributed by atoms with E-state index in [1.165, 1.54) is 36.4 Å². The summed E-state index contributed by atoms with van der Waals surface area (Å²) < 4.78 is 25.6. The summed E-state index contributed by atoms with van der Waals surface area (Å²) >= 11 is 0. The Morgan fingerprint density at radius 3 is 1.80 bits per heavy atom. The number of nitrogens with two attached hydrogens (primary N) is 1. The number of nitrogens with one attached hydrogen (secondary N) is 1. The fraction of sp³-hybridized carbons (Fsp3) is 0.0500. The van der Waals surface area contributed by atoms with Gasteiger partial charge in [0.25, 0.3) is 5.56 Å². The first-order valence-corrected chi connectivity index (χ1v) is 9.97. The van der Waals surface area contributed by atoms with Crippen molar-refractivity contribution in [2.45, 2.75) is 16.7 Å². The maximum absolute atomic E-state index is 12.8. The van der Waals surface area contributed by atoms with Crippen molar-refractivity contribution in [3.63, 3.8) is 0 Å². The van der Waals surface area contributed by atoms with Gasteiger partial charge < -0.3 is 20.9 Å². The second-order valence-corrected chi connectivity index (χ2v) is 8.39. The summed E-state index contributed by atoms with van der Waals surface area (Å²) in [4.78, 5) is 37.3. The van der Waals surface area contributed by atoms with Crippen LogP contribution in [0.25, 0.3) is 11.1 Å². The van der Waals surface area contributed by atoms with Gasteiger partial charge in [-0.1, -0.05) is 29.8 Å². The number of carboxylic acid groups (broad SMARTS) is 2. The van der Waals surface area contributed by atoms with Crippen LogP contribution in [0.4, 0.5) is 5.82 Å². The number of carbonyl (C=O) groups is 2. The van der Waals surface area contributed by atoms with Crippen LogP contribution in [0.5, 0.6) is 0 Å². The zero-order valence-corrected chi connectivity index (χ0v) is 16.4. The van der Waals surface area contributed by atoms with Gasteiger partial charge in [-0.15, -0.1) is 0 Å². The molecule has 9 nitrogen and oxygen atoms in total. The molecule has 0 fully saturated rings. The number of sulfone groups is 1. The van der Waals surface area contributed by atoms with Gasteiger partial charge in [0.15, 0.2) is 0 Å². The average Bonchev–Trinajstić information content (AvgIpc) is 2.67. The third-order valence-electron chi connectivity index (χ3n) is 4.46. The molecule has 0 spiro atoms. The number of benzene rings is 2. The number of aromatic amines is 1. The Bertz CT molecular complexity index is 1320. The normalized spacial score (nSPS) is 11.2. The molecular formula is C20H16N2O7S. The second-order valence-electron chi connectivity index (χ2n) is 6.44. The second kappa shape index (κ2) is 7.48. The number of pyridine rings is 1. The molecule has 154 valence electrons. The molecule has 10 heteroatoms. The number of aromatic nitrogens is 1. The van der Waals surface area contributed by atoms with Gasteiger partial charge in [-0.05, 0) is 36.8 Å². The van der Waals surface area contributed by atoms with Crippen molar-refractivity contribution in [2.75, 3.05) is 5.73 Å². The largest absolute Gasteiger partial charge is 0.478 e. The monoisotopic (exact) mass is 428 g/mol. The minimum absolute atomic E-state index is 0.0189. The van der Waals surface area contributed by atoms with E-state index >= 15 is 0 Å².